The highest BCUT2D eigenvalue weighted by atomic mass is 32.1. The van der Waals surface area contributed by atoms with Crippen LogP contribution in [0.3, 0.4) is 0 Å². The van der Waals surface area contributed by atoms with Crippen molar-refractivity contribution in [3.63, 3.8) is 0 Å². The third-order valence-electron chi connectivity index (χ3n) is 8.21. The van der Waals surface area contributed by atoms with Crippen LogP contribution in [0.1, 0.15) is 36.6 Å². The zero-order valence-electron chi connectivity index (χ0n) is 25.8. The van der Waals surface area contributed by atoms with Crippen LogP contribution in [-0.4, -0.2) is 21.6 Å². The number of aromatic nitrogens is 2. The number of hydrogen-bond donors (Lipinski definition) is 1. The van der Waals surface area contributed by atoms with E-state index < -0.39 is 6.04 Å². The standard InChI is InChI=1S/C38H31FN4O3S/c1-3-46-29-19-17-25(18-20-29)35-34(36(44)41-28-12-5-4-6-13-28)24(2)40-38-43(35)37(45)33(47-38)21-27-23-42(32-16-10-8-14-30(27)32)22-26-11-7-9-15-31(26)39/h4-21,23,35H,3,22H2,1-2H3,(H,41,44)/b33-21-/t35-/m1/s1. The Morgan fingerprint density at radius 1 is 0.979 bits per heavy atom. The van der Waals surface area contributed by atoms with Crippen molar-refractivity contribution in [3.8, 4) is 5.75 Å². The molecule has 47 heavy (non-hydrogen) atoms. The number of fused-ring (bicyclic) bond motifs is 2. The molecule has 0 saturated carbocycles. The summed E-state index contributed by atoms with van der Waals surface area (Å²) in [4.78, 5) is 33.5. The maximum atomic E-state index is 14.6. The largest absolute Gasteiger partial charge is 0.494 e. The summed E-state index contributed by atoms with van der Waals surface area (Å²) < 4.78 is 24.3. The number of thiazole rings is 1. The van der Waals surface area contributed by atoms with Crippen molar-refractivity contribution in [2.24, 2.45) is 4.99 Å². The van der Waals surface area contributed by atoms with Gasteiger partial charge in [-0.05, 0) is 61.9 Å². The molecule has 1 aliphatic rings. The van der Waals surface area contributed by atoms with Crippen LogP contribution in [-0.2, 0) is 11.3 Å². The van der Waals surface area contributed by atoms with Crippen LogP contribution in [0, 0.1) is 5.82 Å². The first-order valence-electron chi connectivity index (χ1n) is 15.3. The number of anilines is 1. The van der Waals surface area contributed by atoms with Gasteiger partial charge in [-0.3, -0.25) is 14.2 Å². The number of amides is 1. The molecule has 0 unspecified atom stereocenters. The highest BCUT2D eigenvalue weighted by Gasteiger charge is 2.32. The monoisotopic (exact) mass is 642 g/mol. The highest BCUT2D eigenvalue weighted by molar-refractivity contribution is 7.07. The lowest BCUT2D eigenvalue weighted by atomic mass is 9.95. The second-order valence-electron chi connectivity index (χ2n) is 11.2. The number of allylic oxidation sites excluding steroid dienone is 1. The smallest absolute Gasteiger partial charge is 0.271 e. The van der Waals surface area contributed by atoms with Crippen molar-refractivity contribution in [1.29, 1.82) is 0 Å². The van der Waals surface area contributed by atoms with Gasteiger partial charge in [-0.25, -0.2) is 9.38 Å². The summed E-state index contributed by atoms with van der Waals surface area (Å²) in [6.07, 6.45) is 3.81. The molecule has 1 N–H and O–H groups in total. The molecule has 3 heterocycles. The second-order valence-corrected chi connectivity index (χ2v) is 12.2. The molecule has 0 bridgehead atoms. The van der Waals surface area contributed by atoms with Gasteiger partial charge in [0, 0.05) is 33.9 Å². The van der Waals surface area contributed by atoms with E-state index in [1.54, 1.807) is 23.6 Å². The molecule has 6 aromatic rings. The Balaban J connectivity index is 1.36. The van der Waals surface area contributed by atoms with Crippen LogP contribution < -0.4 is 24.9 Å². The van der Waals surface area contributed by atoms with Crippen LogP contribution in [0.15, 0.2) is 130 Å². The van der Waals surface area contributed by atoms with Crippen LogP contribution in [0.4, 0.5) is 10.1 Å². The minimum atomic E-state index is -0.713. The fourth-order valence-corrected chi connectivity index (χ4v) is 7.07. The van der Waals surface area contributed by atoms with Crippen LogP contribution in [0.5, 0.6) is 5.75 Å². The van der Waals surface area contributed by atoms with Gasteiger partial charge in [0.05, 0.1) is 35.0 Å². The van der Waals surface area contributed by atoms with E-state index in [2.05, 4.69) is 5.32 Å². The molecular formula is C38H31FN4O3S. The predicted octanol–water partition coefficient (Wildman–Crippen LogP) is 6.41. The molecule has 1 aliphatic heterocycles. The average Bonchev–Trinajstić information content (AvgIpc) is 3.58. The Bertz CT molecular complexity index is 2340. The van der Waals surface area contributed by atoms with E-state index in [-0.39, 0.29) is 17.3 Å². The van der Waals surface area contributed by atoms with Gasteiger partial charge in [0.25, 0.3) is 11.5 Å². The fraction of sp³-hybridized carbons (Fsp3) is 0.132. The van der Waals surface area contributed by atoms with E-state index in [1.807, 2.05) is 109 Å². The number of carbonyl (C=O) groups excluding carboxylic acids is 1. The van der Waals surface area contributed by atoms with Crippen molar-refractivity contribution in [3.05, 3.63) is 163 Å². The van der Waals surface area contributed by atoms with Gasteiger partial charge in [-0.2, -0.15) is 0 Å². The van der Waals surface area contributed by atoms with Gasteiger partial charge in [-0.15, -0.1) is 0 Å². The molecule has 1 atom stereocenters. The number of ether oxygens (including phenoxy) is 1. The minimum Gasteiger partial charge on any atom is -0.494 e. The maximum Gasteiger partial charge on any atom is 0.271 e. The summed E-state index contributed by atoms with van der Waals surface area (Å²) in [7, 11) is 0. The maximum absolute atomic E-state index is 14.6. The van der Waals surface area contributed by atoms with E-state index in [0.29, 0.717) is 50.8 Å². The van der Waals surface area contributed by atoms with E-state index in [0.717, 1.165) is 22.0 Å². The number of nitrogens with one attached hydrogen (secondary N) is 1. The van der Waals surface area contributed by atoms with Crippen molar-refractivity contribution in [2.45, 2.75) is 26.4 Å². The number of nitrogens with zero attached hydrogens (tertiary/aromatic N) is 3. The fourth-order valence-electron chi connectivity index (χ4n) is 6.03. The van der Waals surface area contributed by atoms with Crippen LogP contribution in [0.25, 0.3) is 17.0 Å². The Labute approximate surface area is 274 Å². The molecule has 0 saturated heterocycles. The molecule has 1 amide bonds. The number of benzene rings is 4. The van der Waals surface area contributed by atoms with Gasteiger partial charge >= 0.3 is 0 Å². The molecular weight excluding hydrogens is 612 g/mol. The summed E-state index contributed by atoms with van der Waals surface area (Å²) >= 11 is 1.28. The molecule has 0 aliphatic carbocycles. The summed E-state index contributed by atoms with van der Waals surface area (Å²) in [5.41, 5.74) is 4.41. The lowest BCUT2D eigenvalue weighted by molar-refractivity contribution is -0.113. The first-order valence-corrected chi connectivity index (χ1v) is 16.2. The Morgan fingerprint density at radius 2 is 1.70 bits per heavy atom. The SMILES string of the molecule is CCOc1ccc([C@@H]2C(C(=O)Nc3ccccc3)=C(C)N=c3s/c(=C\c4cn(Cc5ccccc5F)c5ccccc45)c(=O)n32)cc1. The van der Waals surface area contributed by atoms with Gasteiger partial charge in [-0.1, -0.05) is 78.1 Å². The first-order chi connectivity index (χ1) is 22.9. The van der Waals surface area contributed by atoms with E-state index in [9.17, 15) is 14.0 Å². The number of halogens is 1. The van der Waals surface area contributed by atoms with Crippen molar-refractivity contribution < 1.29 is 13.9 Å². The van der Waals surface area contributed by atoms with Crippen molar-refractivity contribution in [1.82, 2.24) is 9.13 Å². The zero-order valence-corrected chi connectivity index (χ0v) is 26.6. The Morgan fingerprint density at radius 3 is 2.47 bits per heavy atom. The third-order valence-corrected chi connectivity index (χ3v) is 9.19. The van der Waals surface area contributed by atoms with E-state index >= 15 is 0 Å². The molecule has 7 nitrogen and oxygen atoms in total. The normalized spacial score (nSPS) is 14.6. The Kier molecular flexibility index (Phi) is 8.14. The lowest BCUT2D eigenvalue weighted by Gasteiger charge is -2.25. The molecule has 7 rings (SSSR count). The topological polar surface area (TPSA) is 77.6 Å². The van der Waals surface area contributed by atoms with E-state index in [1.165, 1.54) is 17.4 Å². The third kappa shape index (κ3) is 5.81. The number of hydrogen-bond acceptors (Lipinski definition) is 5. The summed E-state index contributed by atoms with van der Waals surface area (Å²) in [5.74, 6) is 0.102. The minimum absolute atomic E-state index is 0.254. The number of rotatable bonds is 8. The molecule has 234 valence electrons. The predicted molar refractivity (Wildman–Crippen MR) is 184 cm³/mol. The first kappa shape index (κ1) is 30.1. The molecule has 0 radical (unpaired) electrons. The lowest BCUT2D eigenvalue weighted by Crippen LogP contribution is -2.40. The van der Waals surface area contributed by atoms with Gasteiger partial charge in [0.15, 0.2) is 4.80 Å². The van der Waals surface area contributed by atoms with Crippen LogP contribution >= 0.6 is 11.3 Å². The molecule has 9 heteroatoms. The van der Waals surface area contributed by atoms with Gasteiger partial charge in [0.2, 0.25) is 0 Å². The highest BCUT2D eigenvalue weighted by Crippen LogP contribution is 2.32. The molecule has 0 spiro atoms. The molecule has 0 fully saturated rings. The molecule has 4 aromatic carbocycles. The average molecular weight is 643 g/mol. The number of para-hydroxylation sites is 2. The van der Waals surface area contributed by atoms with Crippen molar-refractivity contribution in [2.75, 3.05) is 11.9 Å². The Hall–Kier alpha value is -5.54. The van der Waals surface area contributed by atoms with Crippen molar-refractivity contribution >= 4 is 39.9 Å². The number of carbonyl (C=O) groups is 1. The van der Waals surface area contributed by atoms with Crippen LogP contribution in [0.2, 0.25) is 0 Å². The summed E-state index contributed by atoms with van der Waals surface area (Å²) in [6.45, 7) is 4.59. The summed E-state index contributed by atoms with van der Waals surface area (Å²) in [5, 5.41) is 3.93. The second kappa shape index (κ2) is 12.7. The molecule has 2 aromatic heterocycles. The van der Waals surface area contributed by atoms with E-state index in [4.69, 9.17) is 9.73 Å². The van der Waals surface area contributed by atoms with Gasteiger partial charge in [0.1, 0.15) is 11.6 Å². The van der Waals surface area contributed by atoms with Gasteiger partial charge < -0.3 is 14.6 Å². The quantitative estimate of drug-likeness (QED) is 0.208. The summed E-state index contributed by atoms with van der Waals surface area (Å²) in [6, 6.07) is 30.6. The zero-order chi connectivity index (χ0) is 32.5.